The van der Waals surface area contributed by atoms with Crippen molar-refractivity contribution in [2.24, 2.45) is 0 Å². The summed E-state index contributed by atoms with van der Waals surface area (Å²) in [7, 11) is 0. The van der Waals surface area contributed by atoms with E-state index in [1.165, 1.54) is 48.8 Å². The maximum Gasteiger partial charge on any atom is 0.126 e. The summed E-state index contributed by atoms with van der Waals surface area (Å²) in [5.41, 5.74) is 3.50. The molecule has 0 unspecified atom stereocenters. The lowest BCUT2D eigenvalue weighted by atomic mass is 10.1. The Balaban J connectivity index is 1.44. The molecular weight excluding hydrogens is 320 g/mol. The maximum atomic E-state index is 6.10. The highest BCUT2D eigenvalue weighted by molar-refractivity contribution is 5.91. The molecule has 134 valence electrons. The first-order valence-electron chi connectivity index (χ1n) is 9.58. The van der Waals surface area contributed by atoms with Crippen LogP contribution in [0.4, 0.5) is 0 Å². The van der Waals surface area contributed by atoms with E-state index in [9.17, 15) is 0 Å². The van der Waals surface area contributed by atoms with Crippen LogP contribution in [-0.4, -0.2) is 36.1 Å². The lowest BCUT2D eigenvalue weighted by Crippen LogP contribution is -2.33. The molecule has 0 radical (unpaired) electrons. The van der Waals surface area contributed by atoms with Crippen LogP contribution in [0.15, 0.2) is 54.7 Å². The number of likely N-dealkylation sites (tertiary alicyclic amines) is 1. The Labute approximate surface area is 155 Å². The minimum atomic E-state index is 0.748. The maximum absolute atomic E-state index is 6.10. The van der Waals surface area contributed by atoms with Gasteiger partial charge in [0.2, 0.25) is 0 Å². The van der Waals surface area contributed by atoms with Crippen molar-refractivity contribution in [1.29, 1.82) is 0 Å². The molecular formula is C23H26N2O. The summed E-state index contributed by atoms with van der Waals surface area (Å²) in [4.78, 5) is 5.77. The number of rotatable bonds is 6. The predicted molar refractivity (Wildman–Crippen MR) is 109 cm³/mol. The van der Waals surface area contributed by atoms with Gasteiger partial charge in [-0.25, -0.2) is 0 Å². The van der Waals surface area contributed by atoms with Gasteiger partial charge in [-0.3, -0.25) is 4.90 Å². The van der Waals surface area contributed by atoms with Gasteiger partial charge in [0.25, 0.3) is 0 Å². The van der Waals surface area contributed by atoms with Crippen LogP contribution >= 0.6 is 0 Å². The first-order valence-corrected chi connectivity index (χ1v) is 9.58. The molecule has 2 aromatic carbocycles. The van der Waals surface area contributed by atoms with E-state index in [2.05, 4.69) is 64.5 Å². The normalized spacial score (nSPS) is 15.7. The summed E-state index contributed by atoms with van der Waals surface area (Å²) in [6.07, 6.45) is 10.3. The lowest BCUT2D eigenvalue weighted by Gasteiger charge is -2.26. The van der Waals surface area contributed by atoms with Crippen LogP contribution in [0.3, 0.4) is 0 Å². The Bertz CT molecular complexity index is 875. The van der Waals surface area contributed by atoms with Crippen LogP contribution in [0.1, 0.15) is 30.4 Å². The standard InChI is InChI=1S/C23H26N2O/c1-4-15-25(16-5-1)17-18-26-23-10-3-2-7-20(23)12-11-19-8-6-9-22-21(19)13-14-24-22/h2-3,6-14,24H,1,4-5,15-18H2/b12-11+. The van der Waals surface area contributed by atoms with Gasteiger partial charge in [-0.2, -0.15) is 0 Å². The average molecular weight is 346 g/mol. The summed E-state index contributed by atoms with van der Waals surface area (Å²) in [5.74, 6) is 0.960. The van der Waals surface area contributed by atoms with Crippen molar-refractivity contribution >= 4 is 23.1 Å². The zero-order valence-electron chi connectivity index (χ0n) is 15.2. The summed E-state index contributed by atoms with van der Waals surface area (Å²) in [6, 6.07) is 16.7. The molecule has 1 aliphatic heterocycles. The summed E-state index contributed by atoms with van der Waals surface area (Å²) >= 11 is 0. The van der Waals surface area contributed by atoms with E-state index < -0.39 is 0 Å². The molecule has 1 aromatic heterocycles. The highest BCUT2D eigenvalue weighted by Gasteiger charge is 2.10. The SMILES string of the molecule is C(=C\c1cccc2[nH]ccc12)/c1ccccc1OCCN1CCCCC1. The highest BCUT2D eigenvalue weighted by atomic mass is 16.5. The van der Waals surface area contributed by atoms with E-state index in [-0.39, 0.29) is 0 Å². The van der Waals surface area contributed by atoms with E-state index in [1.807, 2.05) is 12.3 Å². The molecule has 1 aliphatic rings. The monoisotopic (exact) mass is 346 g/mol. The van der Waals surface area contributed by atoms with Gasteiger partial charge in [0.05, 0.1) is 0 Å². The zero-order valence-corrected chi connectivity index (χ0v) is 15.2. The van der Waals surface area contributed by atoms with Crippen molar-refractivity contribution in [3.63, 3.8) is 0 Å². The number of fused-ring (bicyclic) bond motifs is 1. The van der Waals surface area contributed by atoms with Crippen LogP contribution in [0.25, 0.3) is 23.1 Å². The summed E-state index contributed by atoms with van der Waals surface area (Å²) in [6.45, 7) is 4.19. The molecule has 0 aliphatic carbocycles. The third-order valence-corrected chi connectivity index (χ3v) is 5.10. The first-order chi connectivity index (χ1) is 12.9. The number of H-pyrrole nitrogens is 1. The Morgan fingerprint density at radius 2 is 1.69 bits per heavy atom. The van der Waals surface area contributed by atoms with E-state index in [4.69, 9.17) is 4.74 Å². The third-order valence-electron chi connectivity index (χ3n) is 5.10. The fraction of sp³-hybridized carbons (Fsp3) is 0.304. The van der Waals surface area contributed by atoms with Crippen LogP contribution < -0.4 is 4.74 Å². The van der Waals surface area contributed by atoms with Crippen LogP contribution in [-0.2, 0) is 0 Å². The van der Waals surface area contributed by atoms with Gasteiger partial charge in [0.15, 0.2) is 0 Å². The summed E-state index contributed by atoms with van der Waals surface area (Å²) < 4.78 is 6.10. The van der Waals surface area contributed by atoms with Crippen molar-refractivity contribution in [2.75, 3.05) is 26.2 Å². The Morgan fingerprint density at radius 3 is 2.62 bits per heavy atom. The molecule has 1 fully saturated rings. The second-order valence-electron chi connectivity index (χ2n) is 6.91. The predicted octanol–water partition coefficient (Wildman–Crippen LogP) is 5.20. The molecule has 1 N–H and O–H groups in total. The van der Waals surface area contributed by atoms with E-state index in [0.29, 0.717) is 0 Å². The number of hydrogen-bond acceptors (Lipinski definition) is 2. The molecule has 3 aromatic rings. The number of para-hydroxylation sites is 1. The van der Waals surface area contributed by atoms with Gasteiger partial charge in [-0.1, -0.05) is 48.9 Å². The third kappa shape index (κ3) is 4.00. The highest BCUT2D eigenvalue weighted by Crippen LogP contribution is 2.23. The Kier molecular flexibility index (Phi) is 5.36. The van der Waals surface area contributed by atoms with Crippen LogP contribution in [0, 0.1) is 0 Å². The number of nitrogens with one attached hydrogen (secondary N) is 1. The molecule has 0 atom stereocenters. The van der Waals surface area contributed by atoms with Crippen molar-refractivity contribution in [1.82, 2.24) is 9.88 Å². The number of hydrogen-bond donors (Lipinski definition) is 1. The molecule has 26 heavy (non-hydrogen) atoms. The summed E-state index contributed by atoms with van der Waals surface area (Å²) in [5, 5.41) is 1.24. The Morgan fingerprint density at radius 1 is 0.885 bits per heavy atom. The van der Waals surface area contributed by atoms with E-state index >= 15 is 0 Å². The lowest BCUT2D eigenvalue weighted by molar-refractivity contribution is 0.183. The Hall–Kier alpha value is -2.52. The average Bonchev–Trinajstić information content (AvgIpc) is 3.17. The molecule has 0 amide bonds. The topological polar surface area (TPSA) is 28.3 Å². The number of piperidine rings is 1. The van der Waals surface area contributed by atoms with Crippen molar-refractivity contribution in [3.8, 4) is 5.75 Å². The molecule has 4 rings (SSSR count). The number of benzene rings is 2. The van der Waals surface area contributed by atoms with Gasteiger partial charge >= 0.3 is 0 Å². The molecule has 0 spiro atoms. The van der Waals surface area contributed by atoms with Gasteiger partial charge in [-0.05, 0) is 49.7 Å². The second kappa shape index (κ2) is 8.24. The fourth-order valence-corrected chi connectivity index (χ4v) is 3.65. The number of ether oxygens (including phenoxy) is 1. The molecule has 1 saturated heterocycles. The minimum absolute atomic E-state index is 0.748. The van der Waals surface area contributed by atoms with E-state index in [1.54, 1.807) is 0 Å². The number of aromatic nitrogens is 1. The molecule has 2 heterocycles. The largest absolute Gasteiger partial charge is 0.492 e. The fourth-order valence-electron chi connectivity index (χ4n) is 3.65. The molecule has 0 bridgehead atoms. The number of nitrogens with zero attached hydrogens (tertiary/aromatic N) is 1. The van der Waals surface area contributed by atoms with Crippen LogP contribution in [0.2, 0.25) is 0 Å². The van der Waals surface area contributed by atoms with Gasteiger partial charge < -0.3 is 9.72 Å². The van der Waals surface area contributed by atoms with Crippen LogP contribution in [0.5, 0.6) is 5.75 Å². The van der Waals surface area contributed by atoms with Crippen molar-refractivity contribution in [2.45, 2.75) is 19.3 Å². The van der Waals surface area contributed by atoms with Gasteiger partial charge in [0.1, 0.15) is 12.4 Å². The molecule has 3 nitrogen and oxygen atoms in total. The van der Waals surface area contributed by atoms with Crippen molar-refractivity contribution < 1.29 is 4.74 Å². The molecule has 0 saturated carbocycles. The second-order valence-corrected chi connectivity index (χ2v) is 6.91. The van der Waals surface area contributed by atoms with Gasteiger partial charge in [0, 0.05) is 29.2 Å². The van der Waals surface area contributed by atoms with Crippen molar-refractivity contribution in [3.05, 3.63) is 65.9 Å². The van der Waals surface area contributed by atoms with E-state index in [0.717, 1.165) is 24.5 Å². The zero-order chi connectivity index (χ0) is 17.6. The number of aromatic amines is 1. The molecule has 3 heteroatoms. The first kappa shape index (κ1) is 16.9. The smallest absolute Gasteiger partial charge is 0.126 e. The minimum Gasteiger partial charge on any atom is -0.492 e. The quantitative estimate of drug-likeness (QED) is 0.621. The van der Waals surface area contributed by atoms with Gasteiger partial charge in [-0.15, -0.1) is 0 Å².